The Kier molecular flexibility index (Phi) is 13.6. The maximum absolute atomic E-state index is 13.4. The predicted molar refractivity (Wildman–Crippen MR) is 125 cm³/mol. The lowest BCUT2D eigenvalue weighted by atomic mass is 10.1. The lowest BCUT2D eigenvalue weighted by molar-refractivity contribution is -0.121. The van der Waals surface area contributed by atoms with Gasteiger partial charge < -0.3 is 34.5 Å². The van der Waals surface area contributed by atoms with Crippen LogP contribution in [-0.2, 0) is 41.9 Å². The molecule has 16 nitrogen and oxygen atoms in total. The number of phosphoric ester groups is 1. The fraction of sp³-hybridized carbons (Fsp3) is 0.750. The lowest BCUT2D eigenvalue weighted by Crippen LogP contribution is -2.38. The average Bonchev–Trinajstić information content (AvgIpc) is 3.17. The molecule has 1 amide bonds. The molecule has 1 aromatic heterocycles. The minimum Gasteiger partial charge on any atom is -0.394 e. The third-order valence-electron chi connectivity index (χ3n) is 5.00. The van der Waals surface area contributed by atoms with Gasteiger partial charge in [0.1, 0.15) is 18.3 Å². The van der Waals surface area contributed by atoms with Crippen LogP contribution in [0.3, 0.4) is 0 Å². The van der Waals surface area contributed by atoms with Crippen molar-refractivity contribution in [1.82, 2.24) is 14.9 Å². The van der Waals surface area contributed by atoms with Crippen molar-refractivity contribution < 1.29 is 52.1 Å². The quantitative estimate of drug-likeness (QED) is 0.116. The molecular formula is C20H34N3O13P. The van der Waals surface area contributed by atoms with E-state index in [1.807, 2.05) is 4.98 Å². The third-order valence-corrected chi connectivity index (χ3v) is 6.50. The van der Waals surface area contributed by atoms with Gasteiger partial charge in [-0.1, -0.05) is 0 Å². The normalized spacial score (nSPS) is 23.1. The highest BCUT2D eigenvalue weighted by atomic mass is 31.2. The number of hydrogen-bond acceptors (Lipinski definition) is 13. The predicted octanol–water partition coefficient (Wildman–Crippen LogP) is -1.87. The molecule has 4 N–H and O–H groups in total. The number of phosphoric acid groups is 1. The molecule has 2 unspecified atom stereocenters. The first-order valence-corrected chi connectivity index (χ1v) is 12.9. The van der Waals surface area contributed by atoms with Gasteiger partial charge in [0.05, 0.1) is 59.3 Å². The molecule has 2 rings (SSSR count). The summed E-state index contributed by atoms with van der Waals surface area (Å²) in [6.45, 7) is 0.0988. The zero-order valence-electron chi connectivity index (χ0n) is 20.6. The zero-order valence-corrected chi connectivity index (χ0v) is 21.5. The number of aliphatic hydroxyl groups is 2. The first-order chi connectivity index (χ1) is 17.7. The molecule has 0 radical (unpaired) electrons. The van der Waals surface area contributed by atoms with Crippen molar-refractivity contribution in [3.8, 4) is 0 Å². The molecule has 5 atom stereocenters. The number of nitrogens with zero attached hydrogens (tertiary/aromatic N) is 1. The number of rotatable bonds is 18. The van der Waals surface area contributed by atoms with Crippen LogP contribution in [0.15, 0.2) is 21.9 Å². The van der Waals surface area contributed by atoms with E-state index in [2.05, 4.69) is 5.32 Å². The average molecular weight is 555 g/mol. The number of aromatic amines is 1. The van der Waals surface area contributed by atoms with Crippen LogP contribution in [0.5, 0.6) is 0 Å². The fourth-order valence-electron chi connectivity index (χ4n) is 3.15. The van der Waals surface area contributed by atoms with Crippen LogP contribution in [0.2, 0.25) is 0 Å². The summed E-state index contributed by atoms with van der Waals surface area (Å²) < 4.78 is 51.2. The standard InChI is InChI=1S/C20H34N3O13P/c1-21-15(25)4-6-33-37(29,34-12-11-32-10-9-31-8-7-30-2)36-18-14(13-24)35-19(17(18)27)23-5-3-16(26)22-20(23)28/h3,5,14,17-19,24,27H,4,6-13H2,1-2H3,(H,21,25)(H,22,26,28)/t14-,17+,18?,19-,37?/m1/s1. The molecule has 1 aliphatic heterocycles. The number of aromatic nitrogens is 2. The minimum atomic E-state index is -4.44. The van der Waals surface area contributed by atoms with Gasteiger partial charge >= 0.3 is 13.5 Å². The molecule has 212 valence electrons. The highest BCUT2D eigenvalue weighted by molar-refractivity contribution is 7.48. The Morgan fingerprint density at radius 3 is 2.41 bits per heavy atom. The van der Waals surface area contributed by atoms with E-state index in [0.717, 1.165) is 16.8 Å². The first-order valence-electron chi connectivity index (χ1n) is 11.4. The molecule has 0 aromatic carbocycles. The van der Waals surface area contributed by atoms with Gasteiger partial charge in [0.15, 0.2) is 6.23 Å². The van der Waals surface area contributed by atoms with Crippen molar-refractivity contribution in [1.29, 1.82) is 0 Å². The van der Waals surface area contributed by atoms with E-state index in [4.69, 9.17) is 32.5 Å². The maximum atomic E-state index is 13.4. The smallest absolute Gasteiger partial charge is 0.394 e. The Balaban J connectivity index is 2.03. The minimum absolute atomic E-state index is 0.0116. The van der Waals surface area contributed by atoms with Gasteiger partial charge in [-0.25, -0.2) is 9.36 Å². The molecule has 1 aliphatic rings. The molecule has 1 aromatic rings. The van der Waals surface area contributed by atoms with E-state index < -0.39 is 56.1 Å². The van der Waals surface area contributed by atoms with Crippen LogP contribution in [0, 0.1) is 0 Å². The molecule has 0 spiro atoms. The number of nitrogens with one attached hydrogen (secondary N) is 2. The topological polar surface area (TPSA) is 206 Å². The van der Waals surface area contributed by atoms with E-state index in [9.17, 15) is 29.2 Å². The van der Waals surface area contributed by atoms with Crippen molar-refractivity contribution in [2.75, 3.05) is 67.0 Å². The maximum Gasteiger partial charge on any atom is 0.475 e. The van der Waals surface area contributed by atoms with Gasteiger partial charge in [0, 0.05) is 26.4 Å². The monoisotopic (exact) mass is 555 g/mol. The van der Waals surface area contributed by atoms with Gasteiger partial charge in [-0.2, -0.15) is 0 Å². The Morgan fingerprint density at radius 2 is 1.78 bits per heavy atom. The number of methoxy groups -OCH3 is 1. The summed E-state index contributed by atoms with van der Waals surface area (Å²) in [6.07, 6.45) is -4.77. The number of hydrogen-bond donors (Lipinski definition) is 4. The SMILES string of the molecule is CNC(=O)CCOP(=O)(OCCOCCOCCOC)OC1[C@@H](CO)O[C@@H](n2ccc(=O)[nH]c2=O)[C@H]1O. The van der Waals surface area contributed by atoms with Gasteiger partial charge in [0.2, 0.25) is 5.91 Å². The van der Waals surface area contributed by atoms with Crippen molar-refractivity contribution >= 4 is 13.7 Å². The second-order valence-electron chi connectivity index (χ2n) is 7.58. The van der Waals surface area contributed by atoms with Gasteiger partial charge in [-0.15, -0.1) is 0 Å². The van der Waals surface area contributed by atoms with Crippen molar-refractivity contribution in [2.45, 2.75) is 31.0 Å². The molecule has 37 heavy (non-hydrogen) atoms. The summed E-state index contributed by atoms with van der Waals surface area (Å²) in [4.78, 5) is 37.0. The molecular weight excluding hydrogens is 521 g/mol. The first kappa shape index (κ1) is 31.2. The van der Waals surface area contributed by atoms with Crippen LogP contribution < -0.4 is 16.6 Å². The third kappa shape index (κ3) is 10.0. The van der Waals surface area contributed by atoms with Crippen LogP contribution in [0.25, 0.3) is 0 Å². The number of ether oxygens (including phenoxy) is 4. The Hall–Kier alpha value is -1.98. The highest BCUT2D eigenvalue weighted by Crippen LogP contribution is 2.53. The van der Waals surface area contributed by atoms with Crippen LogP contribution in [-0.4, -0.2) is 111 Å². The second kappa shape index (κ2) is 16.1. The van der Waals surface area contributed by atoms with Crippen LogP contribution >= 0.6 is 7.82 Å². The van der Waals surface area contributed by atoms with Crippen molar-refractivity contribution in [3.63, 3.8) is 0 Å². The van der Waals surface area contributed by atoms with Crippen LogP contribution in [0.1, 0.15) is 12.6 Å². The number of aliphatic hydroxyl groups excluding tert-OH is 2. The number of carbonyl (C=O) groups excluding carboxylic acids is 1. The lowest BCUT2D eigenvalue weighted by Gasteiger charge is -2.25. The van der Waals surface area contributed by atoms with E-state index >= 15 is 0 Å². The summed E-state index contributed by atoms with van der Waals surface area (Å²) in [6, 6.07) is 1.04. The molecule has 0 bridgehead atoms. The zero-order chi connectivity index (χ0) is 27.3. The van der Waals surface area contributed by atoms with Crippen molar-refractivity contribution in [2.24, 2.45) is 0 Å². The van der Waals surface area contributed by atoms with Gasteiger partial charge in [0.25, 0.3) is 5.56 Å². The fourth-order valence-corrected chi connectivity index (χ4v) is 4.52. The van der Waals surface area contributed by atoms with E-state index in [0.29, 0.717) is 19.8 Å². The number of amides is 1. The second-order valence-corrected chi connectivity index (χ2v) is 9.20. The molecule has 2 heterocycles. The van der Waals surface area contributed by atoms with E-state index in [1.54, 1.807) is 7.11 Å². The molecule has 0 aliphatic carbocycles. The van der Waals surface area contributed by atoms with Gasteiger partial charge in [-0.05, 0) is 0 Å². The summed E-state index contributed by atoms with van der Waals surface area (Å²) in [5.74, 6) is -0.390. The summed E-state index contributed by atoms with van der Waals surface area (Å²) in [7, 11) is -1.46. The number of carbonyl (C=O) groups is 1. The number of H-pyrrole nitrogens is 1. The van der Waals surface area contributed by atoms with Crippen molar-refractivity contribution in [3.05, 3.63) is 33.1 Å². The highest BCUT2D eigenvalue weighted by Gasteiger charge is 2.49. The Labute approximate surface area is 212 Å². The summed E-state index contributed by atoms with van der Waals surface area (Å²) in [5.41, 5.74) is -1.54. The van der Waals surface area contributed by atoms with E-state index in [1.165, 1.54) is 7.05 Å². The van der Waals surface area contributed by atoms with E-state index in [-0.39, 0.29) is 32.8 Å². The largest absolute Gasteiger partial charge is 0.475 e. The van der Waals surface area contributed by atoms with Gasteiger partial charge in [-0.3, -0.25) is 32.7 Å². The molecule has 1 saturated heterocycles. The molecule has 1 fully saturated rings. The summed E-state index contributed by atoms with van der Waals surface area (Å²) >= 11 is 0. The Morgan fingerprint density at radius 1 is 1.14 bits per heavy atom. The molecule has 17 heteroatoms. The molecule has 0 saturated carbocycles. The van der Waals surface area contributed by atoms with Crippen LogP contribution in [0.4, 0.5) is 0 Å². The summed E-state index contributed by atoms with van der Waals surface area (Å²) in [5, 5.41) is 22.9. The Bertz CT molecular complexity index is 987.